The van der Waals surface area contributed by atoms with Gasteiger partial charge in [0.25, 0.3) is 10.1 Å². The van der Waals surface area contributed by atoms with E-state index in [1.807, 2.05) is 44.2 Å². The van der Waals surface area contributed by atoms with Gasteiger partial charge < -0.3 is 29.5 Å². The molecule has 3 aromatic rings. The molecule has 1 unspecified atom stereocenters. The standard InChI is InChI=1S/C26H42O4.C10H16O4S.C9H9BrO2.C9H10O4/c1-2-3-4-5-6-7-8-9-10-11-12-13-14-15-22-30-24-18-16-23(17-19-24)25(27)20-21-26(28)29;1-9(2)7-3-4-10(9,8(11)5-7)6-15(12,13)14;10-8(9(11)12)6-7-4-2-1-3-5-7;1-12-6-3-4-7(9(10)11)8(5-6)13-2/h16-19H,2-15,20-22H2,1H3,(H,28,29);7H,3-6H2,1-2H3,(H,12,13,14);1-5,8H,6H2,(H,11,12);3-5H,1-2H3,(H,10,11)/t;7?,10-;8-;/m.01./s1. The van der Waals surface area contributed by atoms with Crippen molar-refractivity contribution in [2.24, 2.45) is 16.7 Å². The van der Waals surface area contributed by atoms with Crippen LogP contribution in [0, 0.1) is 16.7 Å². The first-order valence-corrected chi connectivity index (χ1v) is 27.1. The molecule has 0 radical (unpaired) electrons. The first-order valence-electron chi connectivity index (χ1n) is 24.5. The Morgan fingerprint density at radius 1 is 0.743 bits per heavy atom. The van der Waals surface area contributed by atoms with Crippen molar-refractivity contribution in [2.75, 3.05) is 26.6 Å². The Morgan fingerprint density at radius 2 is 1.29 bits per heavy atom. The summed E-state index contributed by atoms with van der Waals surface area (Å²) in [6.07, 6.45) is 21.2. The molecule has 0 saturated heterocycles. The number of alkyl halides is 1. The molecule has 0 heterocycles. The first kappa shape index (κ1) is 61.3. The predicted molar refractivity (Wildman–Crippen MR) is 275 cm³/mol. The van der Waals surface area contributed by atoms with Gasteiger partial charge in [0.1, 0.15) is 33.4 Å². The Kier molecular flexibility index (Phi) is 28.2. The van der Waals surface area contributed by atoms with Crippen LogP contribution in [-0.4, -0.2) is 89.2 Å². The van der Waals surface area contributed by atoms with Crippen LogP contribution in [0.3, 0.4) is 0 Å². The molecule has 2 fully saturated rings. The van der Waals surface area contributed by atoms with Gasteiger partial charge >= 0.3 is 17.9 Å². The summed E-state index contributed by atoms with van der Waals surface area (Å²) in [4.78, 5) is 54.9. The fraction of sp³-hybridized carbons (Fsp3) is 0.574. The van der Waals surface area contributed by atoms with Gasteiger partial charge in [-0.2, -0.15) is 8.42 Å². The van der Waals surface area contributed by atoms with Crippen LogP contribution in [0.15, 0.2) is 72.8 Å². The summed E-state index contributed by atoms with van der Waals surface area (Å²) in [6.45, 7) is 6.86. The van der Waals surface area contributed by atoms with Crippen LogP contribution < -0.4 is 14.2 Å². The number of halogens is 1. The van der Waals surface area contributed by atoms with Crippen molar-refractivity contribution in [2.45, 2.75) is 154 Å². The summed E-state index contributed by atoms with van der Waals surface area (Å²) in [5, 5.41) is 26.0. The average Bonchev–Trinajstić information content (AvgIpc) is 3.66. The highest BCUT2D eigenvalue weighted by atomic mass is 79.9. The van der Waals surface area contributed by atoms with E-state index in [9.17, 15) is 32.4 Å². The van der Waals surface area contributed by atoms with Gasteiger partial charge in [0.05, 0.1) is 38.4 Å². The van der Waals surface area contributed by atoms with Gasteiger partial charge in [-0.25, -0.2) is 4.79 Å². The van der Waals surface area contributed by atoms with Crippen molar-refractivity contribution in [1.82, 2.24) is 0 Å². The van der Waals surface area contributed by atoms with Gasteiger partial charge in [0.2, 0.25) is 0 Å². The number of carboxylic acids is 3. The number of carboxylic acid groups (broad SMARTS) is 3. The summed E-state index contributed by atoms with van der Waals surface area (Å²) in [6, 6.07) is 21.1. The topological polar surface area (TPSA) is 228 Å². The van der Waals surface area contributed by atoms with Gasteiger partial charge in [-0.05, 0) is 79.0 Å². The van der Waals surface area contributed by atoms with Crippen molar-refractivity contribution in [1.29, 1.82) is 0 Å². The number of aliphatic carboxylic acids is 2. The minimum atomic E-state index is -4.08. The molecule has 2 bridgehead atoms. The maximum absolute atomic E-state index is 11.9. The number of ether oxygens (including phenoxy) is 3. The molecule has 0 spiro atoms. The Labute approximate surface area is 424 Å². The second-order valence-corrected chi connectivity index (χ2v) is 21.1. The monoisotopic (exact) mass is 1060 g/mol. The van der Waals surface area contributed by atoms with E-state index in [1.165, 1.54) is 110 Å². The van der Waals surface area contributed by atoms with Crippen LogP contribution in [-0.2, 0) is 30.9 Å². The molecular weight excluding hydrogens is 985 g/mol. The van der Waals surface area contributed by atoms with Gasteiger partial charge in [-0.1, -0.05) is 151 Å². The number of rotatable bonds is 28. The zero-order valence-electron chi connectivity index (χ0n) is 41.8. The van der Waals surface area contributed by atoms with Crippen molar-refractivity contribution in [3.8, 4) is 17.2 Å². The lowest BCUT2D eigenvalue weighted by Crippen LogP contribution is -2.42. The summed E-state index contributed by atoms with van der Waals surface area (Å²) >= 11 is 3.08. The van der Waals surface area contributed by atoms with Gasteiger partial charge in [-0.3, -0.25) is 23.7 Å². The van der Waals surface area contributed by atoms with Crippen LogP contribution in [0.5, 0.6) is 17.2 Å². The number of carbonyl (C=O) groups is 5. The Bertz CT molecular complexity index is 2160. The molecule has 4 N–H and O–H groups in total. The van der Waals surface area contributed by atoms with Crippen LogP contribution >= 0.6 is 15.9 Å². The molecular formula is C54H77BrO14S. The Morgan fingerprint density at radius 3 is 1.73 bits per heavy atom. The molecule has 0 aromatic heterocycles. The number of fused-ring (bicyclic) bond motifs is 2. The lowest BCUT2D eigenvalue weighted by atomic mass is 9.70. The van der Waals surface area contributed by atoms with Crippen molar-refractivity contribution in [3.63, 3.8) is 0 Å². The van der Waals surface area contributed by atoms with Crippen LogP contribution in [0.1, 0.15) is 169 Å². The lowest BCUT2D eigenvalue weighted by molar-refractivity contribution is -0.137. The first-order chi connectivity index (χ1) is 33.2. The predicted octanol–water partition coefficient (Wildman–Crippen LogP) is 12.3. The smallest absolute Gasteiger partial charge is 0.339 e. The summed E-state index contributed by atoms with van der Waals surface area (Å²) in [5.41, 5.74) is 0.579. The number of hydrogen-bond acceptors (Lipinski definition) is 10. The SMILES string of the molecule is CC1(C)C2CC[C@]1(CS(=O)(=O)O)C(=O)C2.CCCCCCCCCCCCCCCCOc1ccc(C(=O)CCC(=O)O)cc1.COc1ccc(C(=O)O)c(OC)c1.O=C(O)[C@H](Br)Cc1ccccc1. The molecule has 0 aliphatic heterocycles. The third-order valence-corrected chi connectivity index (χ3v) is 14.8. The molecule has 3 aromatic carbocycles. The quantitative estimate of drug-likeness (QED) is 0.0230. The van der Waals surface area contributed by atoms with E-state index < -0.39 is 44.0 Å². The Balaban J connectivity index is 0.000000349. The molecule has 70 heavy (non-hydrogen) atoms. The van der Waals surface area contributed by atoms with Crippen molar-refractivity contribution >= 4 is 55.5 Å². The zero-order valence-corrected chi connectivity index (χ0v) is 44.2. The number of benzene rings is 3. The van der Waals surface area contributed by atoms with E-state index in [2.05, 4.69) is 22.9 Å². The van der Waals surface area contributed by atoms with E-state index in [4.69, 9.17) is 34.1 Å². The zero-order chi connectivity index (χ0) is 52.2. The van der Waals surface area contributed by atoms with Crippen molar-refractivity contribution < 1.29 is 66.5 Å². The van der Waals surface area contributed by atoms with E-state index in [0.717, 1.165) is 24.2 Å². The fourth-order valence-corrected chi connectivity index (χ4v) is 10.6. The summed E-state index contributed by atoms with van der Waals surface area (Å²) in [7, 11) is -1.15. The Hall–Kier alpha value is -4.80. The maximum Gasteiger partial charge on any atom is 0.339 e. The number of methoxy groups -OCH3 is 2. The third-order valence-electron chi connectivity index (χ3n) is 13.2. The number of aromatic carboxylic acids is 1. The molecule has 2 saturated carbocycles. The van der Waals surface area contributed by atoms with E-state index in [1.54, 1.807) is 30.3 Å². The molecule has 2 aliphatic rings. The molecule has 390 valence electrons. The van der Waals surface area contributed by atoms with Crippen LogP contribution in [0.4, 0.5) is 0 Å². The largest absolute Gasteiger partial charge is 0.497 e. The van der Waals surface area contributed by atoms with E-state index in [0.29, 0.717) is 42.9 Å². The summed E-state index contributed by atoms with van der Waals surface area (Å²) < 4.78 is 46.5. The molecule has 3 atom stereocenters. The van der Waals surface area contributed by atoms with Crippen LogP contribution in [0.25, 0.3) is 0 Å². The number of unbranched alkanes of at least 4 members (excludes halogenated alkanes) is 13. The van der Waals surface area contributed by atoms with Crippen LogP contribution in [0.2, 0.25) is 0 Å². The average molecular weight is 1060 g/mol. The number of hydrogen-bond donors (Lipinski definition) is 4. The maximum atomic E-state index is 11.9. The highest BCUT2D eigenvalue weighted by Crippen LogP contribution is 2.64. The lowest BCUT2D eigenvalue weighted by Gasteiger charge is -2.35. The second kappa shape index (κ2) is 32.2. The van der Waals surface area contributed by atoms with Gasteiger partial charge in [-0.15, -0.1) is 0 Å². The third kappa shape index (κ3) is 22.1. The number of Topliss-reactive ketones (excluding diaryl/α,β-unsaturated/α-hetero) is 2. The van der Waals surface area contributed by atoms with Crippen molar-refractivity contribution in [3.05, 3.63) is 89.5 Å². The second-order valence-electron chi connectivity index (χ2n) is 18.5. The van der Waals surface area contributed by atoms with Gasteiger partial charge in [0.15, 0.2) is 5.78 Å². The normalized spacial score (nSPS) is 16.8. The summed E-state index contributed by atoms with van der Waals surface area (Å²) in [5.74, 6) is -1.39. The number of ketones is 2. The minimum Gasteiger partial charge on any atom is -0.497 e. The number of carbonyl (C=O) groups excluding carboxylic acids is 2. The molecule has 2 aliphatic carbocycles. The molecule has 0 amide bonds. The van der Waals surface area contributed by atoms with Gasteiger partial charge in [0, 0.05) is 24.5 Å². The highest BCUT2D eigenvalue weighted by molar-refractivity contribution is 9.10. The van der Waals surface area contributed by atoms with E-state index >= 15 is 0 Å². The fourth-order valence-electron chi connectivity index (χ4n) is 8.89. The highest BCUT2D eigenvalue weighted by Gasteiger charge is 2.65. The van der Waals surface area contributed by atoms with E-state index in [-0.39, 0.29) is 41.3 Å². The molecule has 16 heteroatoms. The molecule has 5 rings (SSSR count). The molecule has 14 nitrogen and oxygen atoms in total. The minimum absolute atomic E-state index is 0.0152.